The maximum Gasteiger partial charge on any atom is 0.152 e. The van der Waals surface area contributed by atoms with Crippen LogP contribution in [0.5, 0.6) is 0 Å². The van der Waals surface area contributed by atoms with E-state index in [1.165, 1.54) is 5.56 Å². The van der Waals surface area contributed by atoms with Gasteiger partial charge in [-0.3, -0.25) is 0 Å². The van der Waals surface area contributed by atoms with Gasteiger partial charge >= 0.3 is 0 Å². The van der Waals surface area contributed by atoms with Crippen LogP contribution in [0.25, 0.3) is 0 Å². The number of piperidine rings is 1. The van der Waals surface area contributed by atoms with E-state index in [1.807, 2.05) is 17.0 Å². The van der Waals surface area contributed by atoms with E-state index in [9.17, 15) is 0 Å². The SMILES string of the molecule is CCCc1cncnc1N1CCCC(c2nnc(Cn3ccnc3)n2C)C1. The van der Waals surface area contributed by atoms with Crippen LogP contribution in [0.2, 0.25) is 0 Å². The van der Waals surface area contributed by atoms with Gasteiger partial charge in [0.1, 0.15) is 18.0 Å². The first-order chi connectivity index (χ1) is 13.3. The lowest BCUT2D eigenvalue weighted by molar-refractivity contribution is 0.474. The Morgan fingerprint density at radius 2 is 2.15 bits per heavy atom. The molecule has 1 aliphatic rings. The summed E-state index contributed by atoms with van der Waals surface area (Å²) in [5.74, 6) is 3.45. The molecular weight excluding hydrogens is 340 g/mol. The van der Waals surface area contributed by atoms with Crippen LogP contribution in [-0.2, 0) is 20.0 Å². The van der Waals surface area contributed by atoms with Crippen LogP contribution in [0.4, 0.5) is 5.82 Å². The zero-order chi connectivity index (χ0) is 18.6. The average molecular weight is 366 g/mol. The van der Waals surface area contributed by atoms with Crippen LogP contribution in [0.15, 0.2) is 31.2 Å². The van der Waals surface area contributed by atoms with Crippen molar-refractivity contribution in [2.75, 3.05) is 18.0 Å². The van der Waals surface area contributed by atoms with E-state index in [-0.39, 0.29) is 0 Å². The Hall–Kier alpha value is -2.77. The first-order valence-electron chi connectivity index (χ1n) is 9.64. The topological polar surface area (TPSA) is 77.6 Å². The van der Waals surface area contributed by atoms with Crippen molar-refractivity contribution in [2.24, 2.45) is 7.05 Å². The summed E-state index contributed by atoms with van der Waals surface area (Å²) in [6, 6.07) is 0. The van der Waals surface area contributed by atoms with Gasteiger partial charge in [0.15, 0.2) is 5.82 Å². The van der Waals surface area contributed by atoms with Gasteiger partial charge in [-0.25, -0.2) is 15.0 Å². The molecule has 4 heterocycles. The minimum absolute atomic E-state index is 0.359. The van der Waals surface area contributed by atoms with Crippen molar-refractivity contribution >= 4 is 5.82 Å². The lowest BCUT2D eigenvalue weighted by atomic mass is 9.96. The summed E-state index contributed by atoms with van der Waals surface area (Å²) < 4.78 is 4.15. The third kappa shape index (κ3) is 3.70. The summed E-state index contributed by atoms with van der Waals surface area (Å²) in [7, 11) is 2.06. The standard InChI is InChI=1S/C19H26N8/c1-3-5-15-10-21-13-22-18(15)27-8-4-6-16(11-27)19-24-23-17(25(19)2)12-26-9-7-20-14-26/h7,9-10,13-14,16H,3-6,8,11-12H2,1-2H3. The molecule has 0 saturated carbocycles. The van der Waals surface area contributed by atoms with Gasteiger partial charge in [0.25, 0.3) is 0 Å². The summed E-state index contributed by atoms with van der Waals surface area (Å²) in [6.45, 7) is 4.83. The number of nitrogens with zero attached hydrogens (tertiary/aromatic N) is 8. The van der Waals surface area contributed by atoms with Crippen LogP contribution in [0.3, 0.4) is 0 Å². The van der Waals surface area contributed by atoms with Crippen molar-refractivity contribution in [2.45, 2.75) is 45.1 Å². The first kappa shape index (κ1) is 17.6. The van der Waals surface area contributed by atoms with E-state index >= 15 is 0 Å². The predicted molar refractivity (Wildman–Crippen MR) is 103 cm³/mol. The lowest BCUT2D eigenvalue weighted by Gasteiger charge is -2.34. The Kier molecular flexibility index (Phi) is 5.13. The molecule has 1 aliphatic heterocycles. The molecule has 0 N–H and O–H groups in total. The van der Waals surface area contributed by atoms with E-state index < -0.39 is 0 Å². The van der Waals surface area contributed by atoms with Crippen molar-refractivity contribution in [3.63, 3.8) is 0 Å². The zero-order valence-electron chi connectivity index (χ0n) is 16.0. The molecule has 0 aliphatic carbocycles. The van der Waals surface area contributed by atoms with E-state index in [4.69, 9.17) is 0 Å². The number of imidazole rings is 1. The van der Waals surface area contributed by atoms with Gasteiger partial charge in [0.2, 0.25) is 0 Å². The molecule has 1 atom stereocenters. The summed E-state index contributed by atoms with van der Waals surface area (Å²) in [4.78, 5) is 15.3. The van der Waals surface area contributed by atoms with Crippen molar-refractivity contribution in [1.82, 2.24) is 34.3 Å². The maximum absolute atomic E-state index is 4.59. The molecule has 0 spiro atoms. The predicted octanol–water partition coefficient (Wildman–Crippen LogP) is 2.19. The molecule has 0 bridgehead atoms. The van der Waals surface area contributed by atoms with Gasteiger partial charge in [-0.1, -0.05) is 13.3 Å². The Morgan fingerprint density at radius 3 is 2.96 bits per heavy atom. The number of hydrogen-bond acceptors (Lipinski definition) is 6. The number of rotatable bonds is 6. The fourth-order valence-electron chi connectivity index (χ4n) is 3.87. The molecule has 1 unspecified atom stereocenters. The highest BCUT2D eigenvalue weighted by atomic mass is 15.3. The Bertz CT molecular complexity index is 870. The normalized spacial score (nSPS) is 17.4. The highest BCUT2D eigenvalue weighted by molar-refractivity contribution is 5.46. The highest BCUT2D eigenvalue weighted by Gasteiger charge is 2.27. The van der Waals surface area contributed by atoms with E-state index in [0.717, 1.165) is 56.2 Å². The second-order valence-electron chi connectivity index (χ2n) is 7.18. The summed E-state index contributed by atoms with van der Waals surface area (Å²) in [5.41, 5.74) is 1.24. The van der Waals surface area contributed by atoms with Gasteiger partial charge in [0, 0.05) is 50.2 Å². The van der Waals surface area contributed by atoms with Gasteiger partial charge in [-0.2, -0.15) is 0 Å². The smallest absolute Gasteiger partial charge is 0.152 e. The van der Waals surface area contributed by atoms with Crippen molar-refractivity contribution < 1.29 is 0 Å². The average Bonchev–Trinajstić information content (AvgIpc) is 3.33. The number of anilines is 1. The van der Waals surface area contributed by atoms with Crippen LogP contribution in [0, 0.1) is 0 Å². The van der Waals surface area contributed by atoms with Crippen LogP contribution < -0.4 is 4.90 Å². The molecule has 8 nitrogen and oxygen atoms in total. The molecule has 27 heavy (non-hydrogen) atoms. The zero-order valence-corrected chi connectivity index (χ0v) is 16.0. The minimum Gasteiger partial charge on any atom is -0.356 e. The van der Waals surface area contributed by atoms with Gasteiger partial charge in [-0.05, 0) is 19.3 Å². The molecule has 0 amide bonds. The molecular formula is C19H26N8. The second kappa shape index (κ2) is 7.85. The van der Waals surface area contributed by atoms with E-state index in [0.29, 0.717) is 12.5 Å². The lowest BCUT2D eigenvalue weighted by Crippen LogP contribution is -2.36. The quantitative estimate of drug-likeness (QED) is 0.665. The highest BCUT2D eigenvalue weighted by Crippen LogP contribution is 2.30. The Labute approximate surface area is 159 Å². The maximum atomic E-state index is 4.59. The second-order valence-corrected chi connectivity index (χ2v) is 7.18. The summed E-state index contributed by atoms with van der Waals surface area (Å²) in [6.07, 6.45) is 13.5. The molecule has 0 aromatic carbocycles. The fourth-order valence-corrected chi connectivity index (χ4v) is 3.87. The summed E-state index contributed by atoms with van der Waals surface area (Å²) in [5, 5.41) is 8.96. The van der Waals surface area contributed by atoms with Crippen LogP contribution in [0.1, 0.15) is 49.3 Å². The van der Waals surface area contributed by atoms with Gasteiger partial charge in [0.05, 0.1) is 12.9 Å². The largest absolute Gasteiger partial charge is 0.356 e. The van der Waals surface area contributed by atoms with Crippen molar-refractivity contribution in [3.05, 3.63) is 48.5 Å². The minimum atomic E-state index is 0.359. The van der Waals surface area contributed by atoms with Gasteiger partial charge < -0.3 is 14.0 Å². The van der Waals surface area contributed by atoms with E-state index in [1.54, 1.807) is 18.9 Å². The molecule has 4 rings (SSSR count). The molecule has 3 aromatic rings. The third-order valence-electron chi connectivity index (χ3n) is 5.25. The van der Waals surface area contributed by atoms with Crippen LogP contribution >= 0.6 is 0 Å². The molecule has 1 fully saturated rings. The van der Waals surface area contributed by atoms with Crippen molar-refractivity contribution in [3.8, 4) is 0 Å². The number of hydrogen-bond donors (Lipinski definition) is 0. The number of aromatic nitrogens is 7. The fraction of sp³-hybridized carbons (Fsp3) is 0.526. The molecule has 1 saturated heterocycles. The number of aryl methyl sites for hydroxylation is 1. The van der Waals surface area contributed by atoms with E-state index in [2.05, 4.69) is 48.6 Å². The molecule has 8 heteroatoms. The van der Waals surface area contributed by atoms with Crippen LogP contribution in [-0.4, -0.2) is 47.4 Å². The Balaban J connectivity index is 1.53. The Morgan fingerprint density at radius 1 is 1.22 bits per heavy atom. The first-order valence-corrected chi connectivity index (χ1v) is 9.64. The third-order valence-corrected chi connectivity index (χ3v) is 5.25. The van der Waals surface area contributed by atoms with Gasteiger partial charge in [-0.15, -0.1) is 10.2 Å². The summed E-state index contributed by atoms with van der Waals surface area (Å²) >= 11 is 0. The molecule has 3 aromatic heterocycles. The molecule has 0 radical (unpaired) electrons. The monoisotopic (exact) mass is 366 g/mol. The van der Waals surface area contributed by atoms with Crippen molar-refractivity contribution in [1.29, 1.82) is 0 Å². The molecule has 142 valence electrons.